The Kier molecular flexibility index (Phi) is 4.99. The maximum Gasteiger partial charge on any atom is 0.235 e. The fourth-order valence-corrected chi connectivity index (χ4v) is 4.29. The average molecular weight is 348 g/mol. The fourth-order valence-electron chi connectivity index (χ4n) is 2.46. The third-order valence-corrected chi connectivity index (χ3v) is 5.60. The Hall–Kier alpha value is -1.44. The number of benzene rings is 1. The van der Waals surface area contributed by atoms with E-state index in [9.17, 15) is 0 Å². The predicted octanol–water partition coefficient (Wildman–Crippen LogP) is 3.83. The standard InChI is InChI=1S/C16H21N5S2/c1-10(2)7-13(17)14-18-19-15-21(14)20-16(23-15)22-9-12-6-4-5-11(3)8-12/h4-6,8,10,13H,7,9,17H2,1-3H3. The van der Waals surface area contributed by atoms with Gasteiger partial charge in [-0.25, -0.2) is 0 Å². The molecule has 23 heavy (non-hydrogen) atoms. The minimum absolute atomic E-state index is 0.123. The van der Waals surface area contributed by atoms with E-state index in [1.54, 1.807) is 27.6 Å². The number of nitrogens with zero attached hydrogens (tertiary/aromatic N) is 4. The van der Waals surface area contributed by atoms with Crippen LogP contribution < -0.4 is 5.73 Å². The molecule has 0 amide bonds. The summed E-state index contributed by atoms with van der Waals surface area (Å²) in [5.74, 6) is 2.18. The van der Waals surface area contributed by atoms with E-state index in [1.807, 2.05) is 0 Å². The molecule has 3 aromatic rings. The molecule has 0 saturated carbocycles. The average Bonchev–Trinajstić information content (AvgIpc) is 3.04. The van der Waals surface area contributed by atoms with Crippen LogP contribution in [0.4, 0.5) is 0 Å². The summed E-state index contributed by atoms with van der Waals surface area (Å²) in [6, 6.07) is 8.43. The summed E-state index contributed by atoms with van der Waals surface area (Å²) in [5, 5.41) is 13.1. The summed E-state index contributed by atoms with van der Waals surface area (Å²) in [6.45, 7) is 6.42. The van der Waals surface area contributed by atoms with Crippen molar-refractivity contribution in [2.75, 3.05) is 0 Å². The number of aromatic nitrogens is 4. The van der Waals surface area contributed by atoms with Crippen molar-refractivity contribution < 1.29 is 0 Å². The molecule has 0 radical (unpaired) electrons. The Bertz CT molecular complexity index is 793. The number of fused-ring (bicyclic) bond motifs is 1. The molecule has 0 spiro atoms. The monoisotopic (exact) mass is 347 g/mol. The summed E-state index contributed by atoms with van der Waals surface area (Å²) >= 11 is 3.29. The number of hydrogen-bond acceptors (Lipinski definition) is 6. The molecule has 7 heteroatoms. The molecule has 122 valence electrons. The van der Waals surface area contributed by atoms with Gasteiger partial charge in [0.25, 0.3) is 0 Å². The van der Waals surface area contributed by atoms with Crippen LogP contribution in [0.3, 0.4) is 0 Å². The van der Waals surface area contributed by atoms with Gasteiger partial charge in [-0.2, -0.15) is 4.52 Å². The van der Waals surface area contributed by atoms with Crippen LogP contribution in [0.2, 0.25) is 0 Å². The van der Waals surface area contributed by atoms with Gasteiger partial charge in [-0.15, -0.1) is 15.3 Å². The topological polar surface area (TPSA) is 69.1 Å². The van der Waals surface area contributed by atoms with Crippen LogP contribution in [0.1, 0.15) is 43.3 Å². The third kappa shape index (κ3) is 3.91. The molecule has 2 aromatic heterocycles. The van der Waals surface area contributed by atoms with Crippen LogP contribution in [-0.2, 0) is 5.75 Å². The summed E-state index contributed by atoms with van der Waals surface area (Å²) in [4.78, 5) is 0.811. The first-order chi connectivity index (χ1) is 11.0. The summed E-state index contributed by atoms with van der Waals surface area (Å²) in [6.07, 6.45) is 0.879. The van der Waals surface area contributed by atoms with E-state index in [4.69, 9.17) is 5.73 Å². The Morgan fingerprint density at radius 3 is 2.87 bits per heavy atom. The summed E-state index contributed by atoms with van der Waals surface area (Å²) < 4.78 is 2.80. The van der Waals surface area contributed by atoms with Crippen LogP contribution in [0, 0.1) is 12.8 Å². The van der Waals surface area contributed by atoms with Crippen molar-refractivity contribution in [2.45, 2.75) is 43.3 Å². The first-order valence-corrected chi connectivity index (χ1v) is 9.49. The van der Waals surface area contributed by atoms with Gasteiger partial charge in [0.15, 0.2) is 10.2 Å². The lowest BCUT2D eigenvalue weighted by atomic mass is 10.0. The highest BCUT2D eigenvalue weighted by molar-refractivity contribution is 8.00. The normalized spacial score (nSPS) is 13.1. The van der Waals surface area contributed by atoms with Crippen molar-refractivity contribution in [3.63, 3.8) is 0 Å². The smallest absolute Gasteiger partial charge is 0.235 e. The van der Waals surface area contributed by atoms with Gasteiger partial charge in [-0.05, 0) is 24.8 Å². The van der Waals surface area contributed by atoms with E-state index >= 15 is 0 Å². The van der Waals surface area contributed by atoms with Crippen molar-refractivity contribution >= 4 is 28.1 Å². The van der Waals surface area contributed by atoms with Crippen molar-refractivity contribution in [1.29, 1.82) is 0 Å². The largest absolute Gasteiger partial charge is 0.321 e. The molecule has 0 bridgehead atoms. The molecular weight excluding hydrogens is 326 g/mol. The zero-order valence-electron chi connectivity index (χ0n) is 13.6. The molecule has 2 N–H and O–H groups in total. The molecule has 0 saturated heterocycles. The van der Waals surface area contributed by atoms with E-state index in [-0.39, 0.29) is 6.04 Å². The van der Waals surface area contributed by atoms with Crippen molar-refractivity contribution in [3.8, 4) is 0 Å². The number of thioether (sulfide) groups is 1. The third-order valence-electron chi connectivity index (χ3n) is 3.50. The van der Waals surface area contributed by atoms with E-state index in [2.05, 4.69) is 60.3 Å². The Labute approximate surface area is 144 Å². The van der Waals surface area contributed by atoms with Crippen molar-refractivity contribution in [1.82, 2.24) is 19.8 Å². The van der Waals surface area contributed by atoms with E-state index in [0.29, 0.717) is 5.92 Å². The number of nitrogens with two attached hydrogens (primary N) is 1. The molecule has 1 unspecified atom stereocenters. The lowest BCUT2D eigenvalue weighted by Crippen LogP contribution is -2.16. The molecule has 0 aliphatic carbocycles. The lowest BCUT2D eigenvalue weighted by Gasteiger charge is -2.10. The molecule has 3 rings (SSSR count). The predicted molar refractivity (Wildman–Crippen MR) is 95.8 cm³/mol. The highest BCUT2D eigenvalue weighted by Crippen LogP contribution is 2.29. The summed E-state index contributed by atoms with van der Waals surface area (Å²) in [5.41, 5.74) is 8.82. The first-order valence-electron chi connectivity index (χ1n) is 7.69. The molecule has 1 aromatic carbocycles. The van der Waals surface area contributed by atoms with E-state index < -0.39 is 0 Å². The van der Waals surface area contributed by atoms with Gasteiger partial charge in [0.05, 0.1) is 6.04 Å². The first kappa shape index (κ1) is 16.4. The minimum Gasteiger partial charge on any atom is -0.321 e. The van der Waals surface area contributed by atoms with Crippen LogP contribution >= 0.6 is 23.1 Å². The highest BCUT2D eigenvalue weighted by atomic mass is 32.2. The van der Waals surface area contributed by atoms with E-state index in [1.165, 1.54) is 11.1 Å². The number of aryl methyl sites for hydroxylation is 1. The molecule has 0 fully saturated rings. The quantitative estimate of drug-likeness (QED) is 0.686. The van der Waals surface area contributed by atoms with Gasteiger partial charge >= 0.3 is 0 Å². The Morgan fingerprint density at radius 1 is 1.30 bits per heavy atom. The zero-order valence-corrected chi connectivity index (χ0v) is 15.2. The maximum atomic E-state index is 6.23. The molecule has 1 atom stereocenters. The van der Waals surface area contributed by atoms with Crippen LogP contribution in [0.15, 0.2) is 28.6 Å². The molecule has 5 nitrogen and oxygen atoms in total. The minimum atomic E-state index is -0.123. The number of hydrogen-bond donors (Lipinski definition) is 1. The zero-order chi connectivity index (χ0) is 16.4. The molecular formula is C16H21N5S2. The summed E-state index contributed by atoms with van der Waals surface area (Å²) in [7, 11) is 0. The van der Waals surface area contributed by atoms with Gasteiger partial charge in [0, 0.05) is 5.75 Å². The second-order valence-electron chi connectivity index (χ2n) is 6.13. The molecule has 2 heterocycles. The second-order valence-corrected chi connectivity index (χ2v) is 8.31. The van der Waals surface area contributed by atoms with Gasteiger partial charge in [0.1, 0.15) is 0 Å². The van der Waals surface area contributed by atoms with Crippen molar-refractivity contribution in [2.24, 2.45) is 11.7 Å². The second kappa shape index (κ2) is 6.98. The lowest BCUT2D eigenvalue weighted by molar-refractivity contribution is 0.485. The van der Waals surface area contributed by atoms with Crippen molar-refractivity contribution in [3.05, 3.63) is 41.2 Å². The van der Waals surface area contributed by atoms with Crippen LogP contribution in [-0.4, -0.2) is 19.8 Å². The van der Waals surface area contributed by atoms with Crippen LogP contribution in [0.25, 0.3) is 4.96 Å². The number of rotatable bonds is 6. The van der Waals surface area contributed by atoms with Gasteiger partial charge in [0.2, 0.25) is 4.96 Å². The SMILES string of the molecule is Cc1cccc(CSc2nn3c(C(N)CC(C)C)nnc3s2)c1. The fraction of sp³-hybridized carbons (Fsp3) is 0.438. The highest BCUT2D eigenvalue weighted by Gasteiger charge is 2.18. The molecule has 0 aliphatic heterocycles. The van der Waals surface area contributed by atoms with E-state index in [0.717, 1.165) is 27.3 Å². The van der Waals surface area contributed by atoms with Gasteiger partial charge in [-0.1, -0.05) is 66.8 Å². The Balaban J connectivity index is 1.74. The maximum absolute atomic E-state index is 6.23. The van der Waals surface area contributed by atoms with Gasteiger partial charge < -0.3 is 5.73 Å². The van der Waals surface area contributed by atoms with Crippen LogP contribution in [0.5, 0.6) is 0 Å². The molecule has 0 aliphatic rings. The van der Waals surface area contributed by atoms with Gasteiger partial charge in [-0.3, -0.25) is 0 Å². The Morgan fingerprint density at radius 2 is 2.13 bits per heavy atom.